The number of anilines is 1. The Morgan fingerprint density at radius 2 is 2.00 bits per heavy atom. The van der Waals surface area contributed by atoms with E-state index in [2.05, 4.69) is 37.8 Å². The van der Waals surface area contributed by atoms with Gasteiger partial charge in [0.25, 0.3) is 0 Å². The van der Waals surface area contributed by atoms with Gasteiger partial charge in [0.1, 0.15) is 0 Å². The van der Waals surface area contributed by atoms with Crippen LogP contribution in [0.2, 0.25) is 0 Å². The summed E-state index contributed by atoms with van der Waals surface area (Å²) in [6.45, 7) is 5.12. The quantitative estimate of drug-likeness (QED) is 0.852. The number of hydrogen-bond acceptors (Lipinski definition) is 5. The summed E-state index contributed by atoms with van der Waals surface area (Å²) in [7, 11) is 3.90. The molecule has 1 fully saturated rings. The minimum atomic E-state index is 0.487. The van der Waals surface area contributed by atoms with E-state index in [-0.39, 0.29) is 0 Å². The molecule has 112 valence electrons. The average molecular weight is 286 g/mol. The molecule has 0 bridgehead atoms. The molecule has 3 heterocycles. The van der Waals surface area contributed by atoms with Crippen LogP contribution >= 0.6 is 0 Å². The first-order chi connectivity index (χ1) is 10.1. The molecule has 2 aromatic rings. The third-order valence-corrected chi connectivity index (χ3v) is 3.85. The Kier molecular flexibility index (Phi) is 3.88. The van der Waals surface area contributed by atoms with Crippen molar-refractivity contribution in [1.82, 2.24) is 24.6 Å². The number of aromatic nitrogens is 4. The molecule has 0 amide bonds. The highest BCUT2D eigenvalue weighted by atomic mass is 15.3. The molecule has 3 rings (SSSR count). The van der Waals surface area contributed by atoms with E-state index in [1.807, 2.05) is 37.6 Å². The monoisotopic (exact) mass is 286 g/mol. The van der Waals surface area contributed by atoms with Gasteiger partial charge in [-0.15, -0.1) is 0 Å². The van der Waals surface area contributed by atoms with Crippen LogP contribution in [0.3, 0.4) is 0 Å². The topological polar surface area (TPSA) is 50.1 Å². The summed E-state index contributed by atoms with van der Waals surface area (Å²) in [5, 5.41) is 4.43. The van der Waals surface area contributed by atoms with Crippen LogP contribution in [0.1, 0.15) is 23.6 Å². The predicted molar refractivity (Wildman–Crippen MR) is 82.3 cm³/mol. The molecule has 0 spiro atoms. The molecule has 0 aliphatic carbocycles. The maximum absolute atomic E-state index is 4.43. The molecule has 6 heteroatoms. The van der Waals surface area contributed by atoms with Crippen LogP contribution in [-0.2, 0) is 6.54 Å². The van der Waals surface area contributed by atoms with Crippen molar-refractivity contribution < 1.29 is 0 Å². The molecule has 1 atom stereocenters. The normalized spacial score (nSPS) is 19.1. The Hall–Kier alpha value is -1.95. The smallest absolute Gasteiger partial charge is 0.224 e. The number of rotatable bonds is 4. The Morgan fingerprint density at radius 1 is 1.24 bits per heavy atom. The lowest BCUT2D eigenvalue weighted by atomic mass is 10.3. The predicted octanol–water partition coefficient (Wildman–Crippen LogP) is 1.49. The second-order valence-electron chi connectivity index (χ2n) is 5.96. The lowest BCUT2D eigenvalue weighted by Gasteiger charge is -2.16. The molecule has 0 aromatic carbocycles. The molecule has 0 radical (unpaired) electrons. The van der Waals surface area contributed by atoms with Crippen molar-refractivity contribution in [3.05, 3.63) is 35.9 Å². The third kappa shape index (κ3) is 3.21. The largest absolute Gasteiger partial charge is 0.347 e. The van der Waals surface area contributed by atoms with Crippen molar-refractivity contribution in [3.8, 4) is 0 Å². The molecular weight excluding hydrogens is 264 g/mol. The molecule has 6 nitrogen and oxygen atoms in total. The molecule has 21 heavy (non-hydrogen) atoms. The van der Waals surface area contributed by atoms with E-state index in [9.17, 15) is 0 Å². The van der Waals surface area contributed by atoms with E-state index in [1.165, 1.54) is 5.56 Å². The molecule has 2 aromatic heterocycles. The fourth-order valence-electron chi connectivity index (χ4n) is 2.72. The number of likely N-dealkylation sites (tertiary alicyclic amines) is 1. The summed E-state index contributed by atoms with van der Waals surface area (Å²) in [4.78, 5) is 13.1. The van der Waals surface area contributed by atoms with Gasteiger partial charge in [-0.05, 0) is 18.9 Å². The lowest BCUT2D eigenvalue weighted by Crippen LogP contribution is -2.22. The van der Waals surface area contributed by atoms with Crippen LogP contribution in [0, 0.1) is 6.92 Å². The zero-order valence-corrected chi connectivity index (χ0v) is 12.9. The van der Waals surface area contributed by atoms with Crippen molar-refractivity contribution in [2.24, 2.45) is 0 Å². The molecule has 1 aliphatic heterocycles. The van der Waals surface area contributed by atoms with Crippen molar-refractivity contribution in [2.75, 3.05) is 32.1 Å². The van der Waals surface area contributed by atoms with Gasteiger partial charge >= 0.3 is 0 Å². The minimum Gasteiger partial charge on any atom is -0.347 e. The zero-order chi connectivity index (χ0) is 14.8. The van der Waals surface area contributed by atoms with E-state index >= 15 is 0 Å². The fourth-order valence-corrected chi connectivity index (χ4v) is 2.72. The third-order valence-electron chi connectivity index (χ3n) is 3.85. The molecule has 1 saturated heterocycles. The Morgan fingerprint density at radius 3 is 2.62 bits per heavy atom. The highest BCUT2D eigenvalue weighted by Crippen LogP contribution is 2.22. The van der Waals surface area contributed by atoms with Crippen molar-refractivity contribution in [3.63, 3.8) is 0 Å². The average Bonchev–Trinajstić information content (AvgIpc) is 3.08. The van der Waals surface area contributed by atoms with Crippen molar-refractivity contribution in [1.29, 1.82) is 0 Å². The van der Waals surface area contributed by atoms with E-state index < -0.39 is 0 Å². The summed E-state index contributed by atoms with van der Waals surface area (Å²) >= 11 is 0. The van der Waals surface area contributed by atoms with Crippen LogP contribution in [-0.4, -0.2) is 51.8 Å². The van der Waals surface area contributed by atoms with E-state index in [1.54, 1.807) is 0 Å². The van der Waals surface area contributed by atoms with Gasteiger partial charge in [0.05, 0.1) is 12.2 Å². The maximum Gasteiger partial charge on any atom is 0.224 e. The van der Waals surface area contributed by atoms with E-state index in [4.69, 9.17) is 0 Å². The van der Waals surface area contributed by atoms with E-state index in [0.717, 1.165) is 37.6 Å². The van der Waals surface area contributed by atoms with Gasteiger partial charge in [-0.1, -0.05) is 0 Å². The second-order valence-corrected chi connectivity index (χ2v) is 5.96. The van der Waals surface area contributed by atoms with E-state index in [0.29, 0.717) is 6.04 Å². The Balaban J connectivity index is 1.59. The van der Waals surface area contributed by atoms with Gasteiger partial charge in [-0.3, -0.25) is 9.58 Å². The first-order valence-corrected chi connectivity index (χ1v) is 7.33. The fraction of sp³-hybridized carbons (Fsp3) is 0.533. The van der Waals surface area contributed by atoms with Gasteiger partial charge in [-0.25, -0.2) is 9.97 Å². The first-order valence-electron chi connectivity index (χ1n) is 7.33. The molecule has 1 unspecified atom stereocenters. The Bertz CT molecular complexity index is 588. The van der Waals surface area contributed by atoms with Crippen molar-refractivity contribution >= 4 is 5.95 Å². The summed E-state index contributed by atoms with van der Waals surface area (Å²) in [5.74, 6) is 0.755. The number of hydrogen-bond donors (Lipinski definition) is 0. The standard InChI is InChI=1S/C15H22N6/c1-12-6-18-21(9-12)14-4-5-20(11-14)10-13-7-16-15(17-8-13)19(2)3/h6-9,14H,4-5,10-11H2,1-3H3. The van der Waals surface area contributed by atoms with Crippen LogP contribution in [0.15, 0.2) is 24.8 Å². The minimum absolute atomic E-state index is 0.487. The number of aryl methyl sites for hydroxylation is 1. The van der Waals surface area contributed by atoms with Gasteiger partial charge in [0.15, 0.2) is 0 Å². The molecular formula is C15H22N6. The van der Waals surface area contributed by atoms with Crippen molar-refractivity contribution in [2.45, 2.75) is 25.9 Å². The highest BCUT2D eigenvalue weighted by molar-refractivity contribution is 5.26. The zero-order valence-electron chi connectivity index (χ0n) is 12.9. The summed E-state index contributed by atoms with van der Waals surface area (Å²) in [6.07, 6.45) is 9.05. The summed E-state index contributed by atoms with van der Waals surface area (Å²) in [6, 6.07) is 0.487. The lowest BCUT2D eigenvalue weighted by molar-refractivity contribution is 0.311. The van der Waals surface area contributed by atoms with Gasteiger partial charge in [0, 0.05) is 57.9 Å². The van der Waals surface area contributed by atoms with Crippen LogP contribution in [0.4, 0.5) is 5.95 Å². The molecule has 1 aliphatic rings. The maximum atomic E-state index is 4.43. The highest BCUT2D eigenvalue weighted by Gasteiger charge is 2.24. The molecule has 0 saturated carbocycles. The summed E-state index contributed by atoms with van der Waals surface area (Å²) < 4.78 is 2.10. The SMILES string of the molecule is Cc1cnn(C2CCN(Cc3cnc(N(C)C)nc3)C2)c1. The van der Waals surface area contributed by atoms with Crippen LogP contribution in [0.5, 0.6) is 0 Å². The van der Waals surface area contributed by atoms with Crippen LogP contribution in [0.25, 0.3) is 0 Å². The first kappa shape index (κ1) is 14.0. The second kappa shape index (κ2) is 5.81. The summed E-state index contributed by atoms with van der Waals surface area (Å²) in [5.41, 5.74) is 2.39. The molecule has 0 N–H and O–H groups in total. The van der Waals surface area contributed by atoms with Crippen LogP contribution < -0.4 is 4.90 Å². The number of nitrogens with zero attached hydrogens (tertiary/aromatic N) is 6. The Labute approximate surface area is 125 Å². The van der Waals surface area contributed by atoms with Gasteiger partial charge < -0.3 is 4.90 Å². The van der Waals surface area contributed by atoms with Gasteiger partial charge in [-0.2, -0.15) is 5.10 Å². The van der Waals surface area contributed by atoms with Gasteiger partial charge in [0.2, 0.25) is 5.95 Å².